The van der Waals surface area contributed by atoms with E-state index in [1.165, 1.54) is 4.90 Å². The first-order valence-corrected chi connectivity index (χ1v) is 9.15. The molecular weight excluding hydrogens is 348 g/mol. The molecule has 0 N–H and O–H groups in total. The van der Waals surface area contributed by atoms with Crippen molar-refractivity contribution in [2.45, 2.75) is 13.5 Å². The maximum Gasteiger partial charge on any atom is 0.325 e. The summed E-state index contributed by atoms with van der Waals surface area (Å²) in [5, 5.41) is 2.00. The van der Waals surface area contributed by atoms with Crippen LogP contribution < -0.4 is 4.90 Å². The standard InChI is InChI=1S/C20H22N2O3S/c1-4-16-8-6-9-17(12-16)22(13-18-10-7-11-26-18)14-19(23)21(3)15-20(24)25-5-2/h1,6-12H,5,13-15H2,2-3H3. The maximum absolute atomic E-state index is 12.6. The fourth-order valence-corrected chi connectivity index (χ4v) is 3.11. The number of hydrogen-bond acceptors (Lipinski definition) is 5. The Hall–Kier alpha value is -2.78. The van der Waals surface area contributed by atoms with Gasteiger partial charge >= 0.3 is 5.97 Å². The summed E-state index contributed by atoms with van der Waals surface area (Å²) in [6.45, 7) is 2.70. The van der Waals surface area contributed by atoms with Crippen LogP contribution in [0.2, 0.25) is 0 Å². The van der Waals surface area contributed by atoms with Gasteiger partial charge in [0.1, 0.15) is 6.54 Å². The van der Waals surface area contributed by atoms with Gasteiger partial charge < -0.3 is 14.5 Å². The van der Waals surface area contributed by atoms with Gasteiger partial charge in [-0.05, 0) is 36.6 Å². The number of carbonyl (C=O) groups is 2. The number of amides is 1. The third-order valence-electron chi connectivity index (χ3n) is 3.73. The van der Waals surface area contributed by atoms with Gasteiger partial charge in [0.2, 0.25) is 5.91 Å². The van der Waals surface area contributed by atoms with E-state index in [9.17, 15) is 9.59 Å². The lowest BCUT2D eigenvalue weighted by Gasteiger charge is -2.26. The molecule has 0 atom stereocenters. The van der Waals surface area contributed by atoms with Crippen LogP contribution in [-0.2, 0) is 20.9 Å². The first-order valence-electron chi connectivity index (χ1n) is 8.27. The molecular formula is C20H22N2O3S. The third-order valence-corrected chi connectivity index (χ3v) is 4.59. The van der Waals surface area contributed by atoms with Crippen molar-refractivity contribution in [2.75, 3.05) is 31.6 Å². The van der Waals surface area contributed by atoms with Gasteiger partial charge in [-0.1, -0.05) is 18.1 Å². The highest BCUT2D eigenvalue weighted by atomic mass is 32.1. The molecule has 1 aromatic heterocycles. The first-order chi connectivity index (χ1) is 12.5. The number of hydrogen-bond donors (Lipinski definition) is 0. The van der Waals surface area contributed by atoms with Gasteiger partial charge in [-0.3, -0.25) is 9.59 Å². The zero-order chi connectivity index (χ0) is 18.9. The Morgan fingerprint density at radius 1 is 1.23 bits per heavy atom. The molecule has 2 aromatic rings. The summed E-state index contributed by atoms with van der Waals surface area (Å²) in [6, 6.07) is 11.5. The molecule has 0 unspecified atom stereocenters. The van der Waals surface area contributed by atoms with Crippen molar-refractivity contribution in [1.82, 2.24) is 4.90 Å². The predicted octanol–water partition coefficient (Wildman–Crippen LogP) is 2.76. The van der Waals surface area contributed by atoms with Gasteiger partial charge in [-0.25, -0.2) is 0 Å². The van der Waals surface area contributed by atoms with E-state index in [1.54, 1.807) is 25.3 Å². The summed E-state index contributed by atoms with van der Waals surface area (Å²) in [4.78, 5) is 28.7. The van der Waals surface area contributed by atoms with E-state index in [4.69, 9.17) is 11.2 Å². The number of terminal acetylenes is 1. The van der Waals surface area contributed by atoms with Crippen LogP contribution in [0, 0.1) is 12.3 Å². The van der Waals surface area contributed by atoms with Crippen LogP contribution in [-0.4, -0.2) is 43.5 Å². The van der Waals surface area contributed by atoms with Crippen molar-refractivity contribution in [3.63, 3.8) is 0 Å². The summed E-state index contributed by atoms with van der Waals surface area (Å²) in [5.74, 6) is 2.04. The van der Waals surface area contributed by atoms with E-state index in [2.05, 4.69) is 5.92 Å². The lowest BCUT2D eigenvalue weighted by atomic mass is 10.2. The van der Waals surface area contributed by atoms with Gasteiger partial charge in [-0.2, -0.15) is 0 Å². The minimum atomic E-state index is -0.414. The number of rotatable bonds is 8. The summed E-state index contributed by atoms with van der Waals surface area (Å²) in [6.07, 6.45) is 5.49. The van der Waals surface area contributed by atoms with E-state index in [1.807, 2.05) is 46.7 Å². The molecule has 26 heavy (non-hydrogen) atoms. The summed E-state index contributed by atoms with van der Waals surface area (Å²) in [7, 11) is 1.60. The largest absolute Gasteiger partial charge is 0.465 e. The molecule has 0 saturated heterocycles. The molecule has 0 fully saturated rings. The fraction of sp³-hybridized carbons (Fsp3) is 0.300. The number of benzene rings is 1. The highest BCUT2D eigenvalue weighted by molar-refractivity contribution is 7.09. The highest BCUT2D eigenvalue weighted by Gasteiger charge is 2.18. The monoisotopic (exact) mass is 370 g/mol. The molecule has 136 valence electrons. The van der Waals surface area contributed by atoms with Crippen LogP contribution in [0.25, 0.3) is 0 Å². The van der Waals surface area contributed by atoms with Crippen LogP contribution in [0.4, 0.5) is 5.69 Å². The van der Waals surface area contributed by atoms with Gasteiger partial charge in [0.05, 0.1) is 19.7 Å². The lowest BCUT2D eigenvalue weighted by Crippen LogP contribution is -2.40. The van der Waals surface area contributed by atoms with Gasteiger partial charge in [-0.15, -0.1) is 17.8 Å². The van der Waals surface area contributed by atoms with Crippen molar-refractivity contribution in [1.29, 1.82) is 0 Å². The average molecular weight is 370 g/mol. The van der Waals surface area contributed by atoms with Crippen LogP contribution in [0.5, 0.6) is 0 Å². The third kappa shape index (κ3) is 5.64. The number of likely N-dealkylation sites (N-methyl/N-ethyl adjacent to an activating group) is 1. The van der Waals surface area contributed by atoms with Gasteiger partial charge in [0.25, 0.3) is 0 Å². The fourth-order valence-electron chi connectivity index (χ4n) is 2.39. The van der Waals surface area contributed by atoms with E-state index >= 15 is 0 Å². The zero-order valence-corrected chi connectivity index (χ0v) is 15.8. The topological polar surface area (TPSA) is 49.9 Å². The molecule has 5 nitrogen and oxygen atoms in total. The lowest BCUT2D eigenvalue weighted by molar-refractivity contribution is -0.147. The second-order valence-electron chi connectivity index (χ2n) is 5.68. The number of carbonyl (C=O) groups excluding carboxylic acids is 2. The molecule has 1 amide bonds. The molecule has 0 radical (unpaired) electrons. The molecule has 0 aliphatic rings. The Morgan fingerprint density at radius 3 is 2.69 bits per heavy atom. The maximum atomic E-state index is 12.6. The van der Waals surface area contributed by atoms with Crippen LogP contribution in [0.15, 0.2) is 41.8 Å². The quantitative estimate of drug-likeness (QED) is 0.530. The highest BCUT2D eigenvalue weighted by Crippen LogP contribution is 2.21. The van der Waals surface area contributed by atoms with Crippen molar-refractivity contribution < 1.29 is 14.3 Å². The normalized spacial score (nSPS) is 10.0. The Balaban J connectivity index is 2.14. The summed E-state index contributed by atoms with van der Waals surface area (Å²) >= 11 is 1.63. The second-order valence-corrected chi connectivity index (χ2v) is 6.72. The van der Waals surface area contributed by atoms with E-state index in [0.717, 1.165) is 16.1 Å². The molecule has 2 rings (SSSR count). The van der Waals surface area contributed by atoms with E-state index in [0.29, 0.717) is 13.2 Å². The molecule has 0 aliphatic heterocycles. The van der Waals surface area contributed by atoms with E-state index < -0.39 is 5.97 Å². The van der Waals surface area contributed by atoms with Crippen molar-refractivity contribution in [3.8, 4) is 12.3 Å². The number of nitrogens with zero attached hydrogens (tertiary/aromatic N) is 2. The molecule has 0 bridgehead atoms. The van der Waals surface area contributed by atoms with Gasteiger partial charge in [0, 0.05) is 23.2 Å². The number of esters is 1. The molecule has 1 aromatic carbocycles. The second kappa shape index (κ2) is 9.64. The zero-order valence-electron chi connectivity index (χ0n) is 15.0. The first kappa shape index (κ1) is 19.5. The summed E-state index contributed by atoms with van der Waals surface area (Å²) in [5.41, 5.74) is 1.62. The van der Waals surface area contributed by atoms with Crippen molar-refractivity contribution >= 4 is 28.9 Å². The summed E-state index contributed by atoms with van der Waals surface area (Å²) < 4.78 is 4.90. The van der Waals surface area contributed by atoms with Crippen LogP contribution >= 0.6 is 11.3 Å². The van der Waals surface area contributed by atoms with Crippen LogP contribution in [0.3, 0.4) is 0 Å². The number of anilines is 1. The number of thiophene rings is 1. The minimum absolute atomic E-state index is 0.0656. The average Bonchev–Trinajstić information content (AvgIpc) is 3.14. The molecule has 6 heteroatoms. The Kier molecular flexibility index (Phi) is 7.24. The predicted molar refractivity (Wildman–Crippen MR) is 104 cm³/mol. The van der Waals surface area contributed by atoms with Crippen molar-refractivity contribution in [2.24, 2.45) is 0 Å². The molecule has 1 heterocycles. The Morgan fingerprint density at radius 2 is 2.04 bits per heavy atom. The van der Waals surface area contributed by atoms with Crippen molar-refractivity contribution in [3.05, 3.63) is 52.2 Å². The Bertz CT molecular complexity index is 781. The molecule has 0 spiro atoms. The smallest absolute Gasteiger partial charge is 0.325 e. The van der Waals surface area contributed by atoms with Gasteiger partial charge in [0.15, 0.2) is 0 Å². The Labute approximate surface area is 158 Å². The molecule has 0 aliphatic carbocycles. The SMILES string of the molecule is C#Cc1cccc(N(CC(=O)N(C)CC(=O)OCC)Cc2cccs2)c1. The van der Waals surface area contributed by atoms with Crippen LogP contribution in [0.1, 0.15) is 17.4 Å². The minimum Gasteiger partial charge on any atom is -0.465 e. The number of ether oxygens (including phenoxy) is 1. The molecule has 0 saturated carbocycles. The van der Waals surface area contributed by atoms with E-state index in [-0.39, 0.29) is 19.0 Å².